The number of azo groups is 2. The monoisotopic (exact) mass is 641 g/mol. The first kappa shape index (κ1) is 33.2. The van der Waals surface area contributed by atoms with Crippen LogP contribution >= 0.6 is 23.2 Å². The number of anilines is 2. The Balaban J connectivity index is 0.000000280. The maximum Gasteiger partial charge on any atom is 0.145 e. The van der Waals surface area contributed by atoms with Crippen LogP contribution < -0.4 is 9.80 Å². The Morgan fingerprint density at radius 3 is 0.976 bits per heavy atom. The molecule has 0 heterocycles. The fraction of sp³-hybridized carbons (Fsp3) is 0.143. The van der Waals surface area contributed by atoms with Crippen LogP contribution in [0.5, 0.6) is 23.0 Å². The van der Waals surface area contributed by atoms with Gasteiger partial charge >= 0.3 is 0 Å². The van der Waals surface area contributed by atoms with Gasteiger partial charge in [0.2, 0.25) is 0 Å². The fourth-order valence-corrected chi connectivity index (χ4v) is 3.46. The second kappa shape index (κ2) is 15.1. The molecule has 0 saturated heterocycles. The molecule has 0 aromatic heterocycles. The molecule has 4 aromatic rings. The summed E-state index contributed by atoms with van der Waals surface area (Å²) < 4.78 is 0. The van der Waals surface area contributed by atoms with Crippen molar-refractivity contribution >= 4 is 57.3 Å². The van der Waals surface area contributed by atoms with Gasteiger partial charge in [-0.2, -0.15) is 0 Å². The van der Waals surface area contributed by atoms with E-state index in [0.29, 0.717) is 21.4 Å². The normalized spacial score (nSPS) is 10.7. The smallest absolute Gasteiger partial charge is 0.145 e. The molecule has 217 valence electrons. The maximum atomic E-state index is 9.87. The van der Waals surface area contributed by atoms with Gasteiger partial charge in [-0.25, -0.2) is 0 Å². The first-order chi connectivity index (χ1) is 18.9. The number of halogens is 2. The first-order valence-electron chi connectivity index (χ1n) is 11.8. The summed E-state index contributed by atoms with van der Waals surface area (Å²) in [6.45, 7) is 0. The Kier molecular flexibility index (Phi) is 12.2. The molecule has 0 unspecified atom stereocenters. The van der Waals surface area contributed by atoms with E-state index in [4.69, 9.17) is 23.2 Å². The van der Waals surface area contributed by atoms with E-state index in [1.807, 2.05) is 50.1 Å². The van der Waals surface area contributed by atoms with Crippen LogP contribution in [-0.4, -0.2) is 48.6 Å². The maximum absolute atomic E-state index is 9.87. The van der Waals surface area contributed by atoms with Gasteiger partial charge in [0.05, 0.1) is 0 Å². The van der Waals surface area contributed by atoms with Crippen molar-refractivity contribution < 1.29 is 37.2 Å². The van der Waals surface area contributed by atoms with E-state index in [0.717, 1.165) is 11.4 Å². The number of nitrogens with zero attached hydrogens (tertiary/aromatic N) is 6. The van der Waals surface area contributed by atoms with Crippen LogP contribution in [-0.2, 0) is 16.8 Å². The van der Waals surface area contributed by atoms with Crippen molar-refractivity contribution in [2.75, 3.05) is 38.0 Å². The molecule has 0 aliphatic carbocycles. The summed E-state index contributed by atoms with van der Waals surface area (Å²) in [4.78, 5) is 3.73. The van der Waals surface area contributed by atoms with Gasteiger partial charge in [-0.15, -0.1) is 20.5 Å². The number of aromatic hydroxyl groups is 4. The predicted molar refractivity (Wildman–Crippen MR) is 159 cm³/mol. The molecule has 13 heteroatoms. The summed E-state index contributed by atoms with van der Waals surface area (Å²) in [6, 6.07) is 19.2. The third-order valence-corrected chi connectivity index (χ3v) is 5.83. The van der Waals surface area contributed by atoms with E-state index < -0.39 is 0 Å². The van der Waals surface area contributed by atoms with Gasteiger partial charge in [0.15, 0.2) is 0 Å². The zero-order valence-corrected chi connectivity index (χ0v) is 25.0. The van der Waals surface area contributed by atoms with Gasteiger partial charge in [0.25, 0.3) is 0 Å². The van der Waals surface area contributed by atoms with Crippen molar-refractivity contribution in [3.8, 4) is 23.0 Å². The van der Waals surface area contributed by atoms with Crippen molar-refractivity contribution in [2.24, 2.45) is 20.5 Å². The zero-order chi connectivity index (χ0) is 29.4. The molecule has 0 aliphatic rings. The van der Waals surface area contributed by atoms with Gasteiger partial charge in [0, 0.05) is 90.7 Å². The van der Waals surface area contributed by atoms with Crippen LogP contribution in [0.15, 0.2) is 93.3 Å². The Labute approximate surface area is 258 Å². The van der Waals surface area contributed by atoms with E-state index in [-0.39, 0.29) is 51.2 Å². The number of benzene rings is 4. The van der Waals surface area contributed by atoms with E-state index in [1.165, 1.54) is 12.1 Å². The third kappa shape index (κ3) is 9.54. The molecular weight excluding hydrogens is 614 g/mol. The largest absolute Gasteiger partial charge is 0.506 e. The minimum absolute atomic E-state index is 0. The van der Waals surface area contributed by atoms with Gasteiger partial charge in [0.1, 0.15) is 45.7 Å². The van der Waals surface area contributed by atoms with Gasteiger partial charge in [-0.05, 0) is 48.5 Å². The number of phenols is 4. The minimum Gasteiger partial charge on any atom is -0.506 e. The average Bonchev–Trinajstić information content (AvgIpc) is 2.89. The summed E-state index contributed by atoms with van der Waals surface area (Å²) in [7, 11) is 7.51. The van der Waals surface area contributed by atoms with Crippen LogP contribution in [0.3, 0.4) is 0 Å². The summed E-state index contributed by atoms with van der Waals surface area (Å²) in [5, 5.41) is 55.5. The van der Waals surface area contributed by atoms with E-state index >= 15 is 0 Å². The molecule has 4 rings (SSSR count). The van der Waals surface area contributed by atoms with Crippen LogP contribution in [0.1, 0.15) is 0 Å². The molecule has 0 saturated carbocycles. The standard InChI is InChI=1S/2C14H14ClN3O2.Co/c2*1-18(2)10-4-6-12(14(20)8-10)17-16-11-5-3-9(15)7-13(11)19;/h2*3-8,19-20H,1-2H3;. The quantitative estimate of drug-likeness (QED) is 0.156. The van der Waals surface area contributed by atoms with E-state index in [9.17, 15) is 20.4 Å². The van der Waals surface area contributed by atoms with Crippen molar-refractivity contribution in [3.63, 3.8) is 0 Å². The van der Waals surface area contributed by atoms with E-state index in [1.54, 1.807) is 48.5 Å². The van der Waals surface area contributed by atoms with Crippen molar-refractivity contribution in [3.05, 3.63) is 82.8 Å². The Hall–Kier alpha value is -4.03. The molecule has 4 aromatic carbocycles. The second-order valence-corrected chi connectivity index (χ2v) is 9.67. The van der Waals surface area contributed by atoms with E-state index in [2.05, 4.69) is 20.5 Å². The molecule has 0 fully saturated rings. The number of hydrogen-bond donors (Lipinski definition) is 4. The Morgan fingerprint density at radius 2 is 0.732 bits per heavy atom. The van der Waals surface area contributed by atoms with Crippen molar-refractivity contribution in [1.82, 2.24) is 0 Å². The molecular formula is C28H28Cl2CoN6O4. The molecule has 4 N–H and O–H groups in total. The van der Waals surface area contributed by atoms with Crippen LogP contribution in [0.4, 0.5) is 34.1 Å². The molecule has 10 nitrogen and oxygen atoms in total. The van der Waals surface area contributed by atoms with Gasteiger partial charge in [-0.3, -0.25) is 0 Å². The first-order valence-corrected chi connectivity index (χ1v) is 12.5. The summed E-state index contributed by atoms with van der Waals surface area (Å²) in [5.74, 6) is -0.0851. The summed E-state index contributed by atoms with van der Waals surface area (Å²) in [6.07, 6.45) is 0. The third-order valence-electron chi connectivity index (χ3n) is 5.36. The SMILES string of the molecule is CN(C)c1ccc(N=Nc2ccc(Cl)cc2O)c(O)c1.CN(C)c1ccc(N=Nc2ccc(Cl)cc2O)c(O)c1.[Co]. The van der Waals surface area contributed by atoms with Crippen molar-refractivity contribution in [1.29, 1.82) is 0 Å². The van der Waals surface area contributed by atoms with Crippen LogP contribution in [0.2, 0.25) is 10.0 Å². The number of phenolic OH excluding ortho intramolecular Hbond substituents is 4. The van der Waals surface area contributed by atoms with Crippen LogP contribution in [0.25, 0.3) is 0 Å². The molecule has 0 spiro atoms. The number of rotatable bonds is 6. The minimum atomic E-state index is -0.0642. The molecule has 0 aliphatic heterocycles. The summed E-state index contributed by atoms with van der Waals surface area (Å²) >= 11 is 11.5. The second-order valence-electron chi connectivity index (χ2n) is 8.80. The van der Waals surface area contributed by atoms with Gasteiger partial charge < -0.3 is 30.2 Å². The predicted octanol–water partition coefficient (Wildman–Crippen LogP) is 8.46. The number of hydrogen-bond acceptors (Lipinski definition) is 10. The summed E-state index contributed by atoms with van der Waals surface area (Å²) in [5.41, 5.74) is 2.93. The molecule has 0 bridgehead atoms. The van der Waals surface area contributed by atoms with Gasteiger partial charge in [-0.1, -0.05) is 23.2 Å². The molecule has 1 radical (unpaired) electrons. The molecule has 0 atom stereocenters. The molecule has 0 amide bonds. The average molecular weight is 642 g/mol. The molecule has 41 heavy (non-hydrogen) atoms. The topological polar surface area (TPSA) is 137 Å². The van der Waals surface area contributed by atoms with Crippen molar-refractivity contribution in [2.45, 2.75) is 0 Å². The zero-order valence-electron chi connectivity index (χ0n) is 22.5. The van der Waals surface area contributed by atoms with Crippen LogP contribution in [0, 0.1) is 0 Å². The fourth-order valence-electron chi connectivity index (χ4n) is 3.13. The Bertz CT molecular complexity index is 1440. The Morgan fingerprint density at radius 1 is 0.463 bits per heavy atom.